The van der Waals surface area contributed by atoms with Crippen molar-refractivity contribution < 1.29 is 20.4 Å². The molecule has 0 aromatic rings. The first-order valence-corrected chi connectivity index (χ1v) is 9.62. The van der Waals surface area contributed by atoms with Gasteiger partial charge < -0.3 is 20.4 Å². The molecule has 0 spiro atoms. The Morgan fingerprint density at radius 3 is 2.56 bits per heavy atom. The van der Waals surface area contributed by atoms with Crippen LogP contribution in [0.4, 0.5) is 0 Å². The van der Waals surface area contributed by atoms with Crippen LogP contribution in [-0.4, -0.2) is 44.3 Å². The third kappa shape index (κ3) is 2.10. The van der Waals surface area contributed by atoms with Crippen LogP contribution in [0.1, 0.15) is 52.4 Å². The quantitative estimate of drug-likeness (QED) is 0.397. The van der Waals surface area contributed by atoms with Gasteiger partial charge in [0.15, 0.2) is 0 Å². The van der Waals surface area contributed by atoms with E-state index < -0.39 is 23.2 Å². The summed E-state index contributed by atoms with van der Waals surface area (Å²) in [5, 5.41) is 43.2. The summed E-state index contributed by atoms with van der Waals surface area (Å²) in [4.78, 5) is 0. The average molecular weight is 346 g/mol. The fourth-order valence-electron chi connectivity index (χ4n) is 6.99. The van der Waals surface area contributed by atoms with E-state index in [9.17, 15) is 20.4 Å². The first-order chi connectivity index (χ1) is 11.7. The second-order valence-corrected chi connectivity index (χ2v) is 9.44. The molecule has 4 aliphatic carbocycles. The van der Waals surface area contributed by atoms with Crippen molar-refractivity contribution in [2.75, 3.05) is 0 Å². The fraction of sp³-hybridized carbons (Fsp3) is 0.810. The van der Waals surface area contributed by atoms with Crippen LogP contribution >= 0.6 is 0 Å². The maximum Gasteiger partial charge on any atom is 0.130 e. The minimum atomic E-state index is -1.21. The lowest BCUT2D eigenvalue weighted by Crippen LogP contribution is -2.62. The van der Waals surface area contributed by atoms with E-state index in [1.54, 1.807) is 0 Å². The van der Waals surface area contributed by atoms with Gasteiger partial charge in [-0.25, -0.2) is 0 Å². The molecule has 0 heterocycles. The Labute approximate surface area is 150 Å². The molecule has 0 aromatic heterocycles. The Bertz CT molecular complexity index is 651. The van der Waals surface area contributed by atoms with Gasteiger partial charge >= 0.3 is 0 Å². The number of hydrogen-bond donors (Lipinski definition) is 4. The van der Waals surface area contributed by atoms with E-state index in [1.165, 1.54) is 0 Å². The summed E-state index contributed by atoms with van der Waals surface area (Å²) in [6.45, 7) is 4.17. The molecule has 0 unspecified atom stereocenters. The summed E-state index contributed by atoms with van der Waals surface area (Å²) in [6.07, 6.45) is 9.90. The molecule has 4 aliphatic rings. The highest BCUT2D eigenvalue weighted by molar-refractivity contribution is 5.31. The van der Waals surface area contributed by atoms with Crippen LogP contribution in [-0.2, 0) is 0 Å². The van der Waals surface area contributed by atoms with E-state index in [1.807, 2.05) is 13.0 Å². The molecule has 4 nitrogen and oxygen atoms in total. The van der Waals surface area contributed by atoms with Crippen molar-refractivity contribution in [1.82, 2.24) is 0 Å². The molecule has 0 aliphatic heterocycles. The van der Waals surface area contributed by atoms with Crippen molar-refractivity contribution in [2.24, 2.45) is 28.6 Å². The van der Waals surface area contributed by atoms with Crippen molar-refractivity contribution in [3.8, 4) is 12.3 Å². The maximum atomic E-state index is 11.2. The fourth-order valence-corrected chi connectivity index (χ4v) is 6.99. The number of hydrogen-bond acceptors (Lipinski definition) is 4. The molecular formula is C21H30O4. The Hall–Kier alpha value is -0.860. The Morgan fingerprint density at radius 2 is 1.88 bits per heavy atom. The number of terminal acetylenes is 1. The molecule has 0 aromatic carbocycles. The van der Waals surface area contributed by atoms with Crippen molar-refractivity contribution in [3.05, 3.63) is 11.6 Å². The molecule has 4 heteroatoms. The highest BCUT2D eigenvalue weighted by atomic mass is 16.3. The number of fused-ring (bicyclic) bond motifs is 5. The van der Waals surface area contributed by atoms with Gasteiger partial charge in [-0.05, 0) is 61.7 Å². The third-order valence-electron chi connectivity index (χ3n) is 8.43. The minimum Gasteiger partial charge on any atom is -0.393 e. The van der Waals surface area contributed by atoms with Gasteiger partial charge in [-0.15, -0.1) is 6.42 Å². The molecule has 4 rings (SSSR count). The monoisotopic (exact) mass is 346 g/mol. The first kappa shape index (κ1) is 17.5. The predicted octanol–water partition coefficient (Wildman–Crippen LogP) is 1.62. The van der Waals surface area contributed by atoms with E-state index in [0.29, 0.717) is 19.3 Å². The lowest BCUT2D eigenvalue weighted by atomic mass is 9.45. The summed E-state index contributed by atoms with van der Waals surface area (Å²) in [6, 6.07) is 0. The maximum absolute atomic E-state index is 11.2. The van der Waals surface area contributed by atoms with Crippen LogP contribution in [0.5, 0.6) is 0 Å². The Morgan fingerprint density at radius 1 is 1.16 bits per heavy atom. The lowest BCUT2D eigenvalue weighted by molar-refractivity contribution is -0.172. The molecule has 4 N–H and O–H groups in total. The number of aliphatic hydroxyl groups excluding tert-OH is 3. The van der Waals surface area contributed by atoms with Crippen LogP contribution < -0.4 is 0 Å². The van der Waals surface area contributed by atoms with E-state index in [4.69, 9.17) is 6.42 Å². The molecule has 0 amide bonds. The van der Waals surface area contributed by atoms with Gasteiger partial charge in [0.25, 0.3) is 0 Å². The second kappa shape index (κ2) is 5.33. The average Bonchev–Trinajstić information content (AvgIpc) is 2.81. The summed E-state index contributed by atoms with van der Waals surface area (Å²) < 4.78 is 0. The molecule has 3 fully saturated rings. The summed E-state index contributed by atoms with van der Waals surface area (Å²) in [5.74, 6) is 2.55. The number of rotatable bonds is 0. The largest absolute Gasteiger partial charge is 0.393 e. The lowest BCUT2D eigenvalue weighted by Gasteiger charge is -2.61. The van der Waals surface area contributed by atoms with Crippen LogP contribution in [0.15, 0.2) is 11.6 Å². The molecule has 9 atom stereocenters. The topological polar surface area (TPSA) is 80.9 Å². The predicted molar refractivity (Wildman–Crippen MR) is 94.3 cm³/mol. The van der Waals surface area contributed by atoms with Crippen molar-refractivity contribution in [1.29, 1.82) is 0 Å². The van der Waals surface area contributed by atoms with Crippen molar-refractivity contribution in [3.63, 3.8) is 0 Å². The first-order valence-electron chi connectivity index (χ1n) is 9.62. The zero-order chi connectivity index (χ0) is 18.2. The zero-order valence-corrected chi connectivity index (χ0v) is 15.2. The SMILES string of the molecule is C#C[C@]1(O)CC[C@H]2[C@H]3[C@H]([C@@H](O)C[C@@]21C)[C@@]1(C)CC[C@@H](O)CC1=C[C@@H]3O. The van der Waals surface area contributed by atoms with Crippen molar-refractivity contribution in [2.45, 2.75) is 76.3 Å². The van der Waals surface area contributed by atoms with Gasteiger partial charge in [-0.3, -0.25) is 0 Å². The van der Waals surface area contributed by atoms with E-state index in [-0.39, 0.29) is 29.3 Å². The third-order valence-corrected chi connectivity index (χ3v) is 8.43. The molecular weight excluding hydrogens is 316 g/mol. The highest BCUT2D eigenvalue weighted by Gasteiger charge is 2.67. The smallest absolute Gasteiger partial charge is 0.130 e. The van der Waals surface area contributed by atoms with E-state index in [0.717, 1.165) is 24.8 Å². The van der Waals surface area contributed by atoms with Gasteiger partial charge in [0, 0.05) is 5.41 Å². The van der Waals surface area contributed by atoms with Gasteiger partial charge in [0.1, 0.15) is 5.60 Å². The van der Waals surface area contributed by atoms with Crippen molar-refractivity contribution >= 4 is 0 Å². The molecule has 0 saturated heterocycles. The molecule has 138 valence electrons. The van der Waals surface area contributed by atoms with E-state index >= 15 is 0 Å². The summed E-state index contributed by atoms with van der Waals surface area (Å²) in [5.41, 5.74) is -0.885. The van der Waals surface area contributed by atoms with Crippen LogP contribution in [0.3, 0.4) is 0 Å². The Balaban J connectivity index is 1.80. The van der Waals surface area contributed by atoms with Gasteiger partial charge in [0.05, 0.1) is 18.3 Å². The van der Waals surface area contributed by atoms with Crippen LogP contribution in [0, 0.1) is 40.9 Å². The van der Waals surface area contributed by atoms with Crippen LogP contribution in [0.25, 0.3) is 0 Å². The van der Waals surface area contributed by atoms with Crippen LogP contribution in [0.2, 0.25) is 0 Å². The summed E-state index contributed by atoms with van der Waals surface area (Å²) >= 11 is 0. The van der Waals surface area contributed by atoms with Gasteiger partial charge in [0.2, 0.25) is 0 Å². The highest BCUT2D eigenvalue weighted by Crippen LogP contribution is 2.66. The Kier molecular flexibility index (Phi) is 3.74. The normalized spacial score (nSPS) is 57.7. The van der Waals surface area contributed by atoms with E-state index in [2.05, 4.69) is 12.8 Å². The molecule has 0 bridgehead atoms. The standard InChI is InChI=1S/C21H30O4/c1-4-21(25)8-6-14-17-15(23)10-12-9-13(22)5-7-19(12,2)18(17)16(24)11-20(14,21)3/h1,10,13-18,22-25H,5-9,11H2,2-3H3/t13-,14+,15+,16+,17-,18+,19+,20+,21+/m1/s1. The summed E-state index contributed by atoms with van der Waals surface area (Å²) in [7, 11) is 0. The molecule has 25 heavy (non-hydrogen) atoms. The minimum absolute atomic E-state index is 0.0480. The number of aliphatic hydroxyl groups is 4. The molecule has 3 saturated carbocycles. The molecule has 0 radical (unpaired) electrons. The van der Waals surface area contributed by atoms with Gasteiger partial charge in [-0.2, -0.15) is 0 Å². The second-order valence-electron chi connectivity index (χ2n) is 9.44. The van der Waals surface area contributed by atoms with Gasteiger partial charge in [-0.1, -0.05) is 31.4 Å². The zero-order valence-electron chi connectivity index (χ0n) is 15.2.